The van der Waals surface area contributed by atoms with Gasteiger partial charge in [0.25, 0.3) is 0 Å². The number of carbonyl (C=O) groups excluding carboxylic acids is 1. The van der Waals surface area contributed by atoms with E-state index in [1.165, 1.54) is 167 Å². The van der Waals surface area contributed by atoms with Gasteiger partial charge in [-0.1, -0.05) is 192 Å². The van der Waals surface area contributed by atoms with E-state index in [1.807, 2.05) is 6.08 Å². The average molecular weight is 674 g/mol. The van der Waals surface area contributed by atoms with Gasteiger partial charge in [0, 0.05) is 6.42 Å². The molecule has 0 heterocycles. The molecule has 48 heavy (non-hydrogen) atoms. The highest BCUT2D eigenvalue weighted by atomic mass is 16.3. The average Bonchev–Trinajstić information content (AvgIpc) is 3.09. The summed E-state index contributed by atoms with van der Waals surface area (Å²) >= 11 is 0. The molecule has 0 fully saturated rings. The van der Waals surface area contributed by atoms with Crippen molar-refractivity contribution in [3.8, 4) is 0 Å². The molecule has 0 aliphatic carbocycles. The van der Waals surface area contributed by atoms with Gasteiger partial charge in [0.2, 0.25) is 5.91 Å². The van der Waals surface area contributed by atoms with Crippen LogP contribution in [-0.2, 0) is 4.79 Å². The molecular formula is C44H83NO3. The van der Waals surface area contributed by atoms with Crippen LogP contribution in [0.2, 0.25) is 0 Å². The topological polar surface area (TPSA) is 69.6 Å². The van der Waals surface area contributed by atoms with E-state index in [4.69, 9.17) is 0 Å². The third-order valence-corrected chi connectivity index (χ3v) is 9.60. The van der Waals surface area contributed by atoms with E-state index in [0.717, 1.165) is 32.1 Å². The van der Waals surface area contributed by atoms with E-state index in [0.29, 0.717) is 6.42 Å². The first-order valence-electron chi connectivity index (χ1n) is 21.2. The van der Waals surface area contributed by atoms with Crippen LogP contribution in [0.15, 0.2) is 36.5 Å². The molecule has 0 radical (unpaired) electrons. The minimum absolute atomic E-state index is 0.0784. The van der Waals surface area contributed by atoms with Gasteiger partial charge in [-0.2, -0.15) is 0 Å². The lowest BCUT2D eigenvalue weighted by Gasteiger charge is -2.19. The number of unbranched alkanes of at least 4 members (excludes halogenated alkanes) is 27. The summed E-state index contributed by atoms with van der Waals surface area (Å²) in [6, 6.07) is -0.639. The summed E-state index contributed by atoms with van der Waals surface area (Å²) in [5.74, 6) is -0.0784. The third-order valence-electron chi connectivity index (χ3n) is 9.60. The number of aliphatic hydroxyl groups is 2. The molecule has 3 N–H and O–H groups in total. The van der Waals surface area contributed by atoms with Crippen LogP contribution in [0.3, 0.4) is 0 Å². The summed E-state index contributed by atoms with van der Waals surface area (Å²) in [6.45, 7) is 4.29. The van der Waals surface area contributed by atoms with Crippen molar-refractivity contribution < 1.29 is 15.0 Å². The molecule has 0 aliphatic heterocycles. The third kappa shape index (κ3) is 35.9. The SMILES string of the molecule is CCCCCCCCCC/C=C/CC/C=C/C(O)C(CO)NC(=O)CCCCCCCCC/C=C\CCCCCCCCCCCCC. The van der Waals surface area contributed by atoms with Crippen molar-refractivity contribution in [2.24, 2.45) is 0 Å². The fraction of sp³-hybridized carbons (Fsp3) is 0.841. The number of aliphatic hydroxyl groups excluding tert-OH is 2. The minimum Gasteiger partial charge on any atom is -0.394 e. The first-order chi connectivity index (χ1) is 23.7. The molecule has 0 bridgehead atoms. The molecule has 0 aliphatic rings. The highest BCUT2D eigenvalue weighted by Gasteiger charge is 2.17. The Balaban J connectivity index is 3.59. The van der Waals surface area contributed by atoms with Gasteiger partial charge in [-0.15, -0.1) is 0 Å². The van der Waals surface area contributed by atoms with Crippen LogP contribution in [0.4, 0.5) is 0 Å². The highest BCUT2D eigenvalue weighted by molar-refractivity contribution is 5.76. The van der Waals surface area contributed by atoms with Crippen molar-refractivity contribution in [2.75, 3.05) is 6.61 Å². The van der Waals surface area contributed by atoms with Crippen molar-refractivity contribution >= 4 is 5.91 Å². The zero-order valence-electron chi connectivity index (χ0n) is 32.3. The first kappa shape index (κ1) is 46.6. The van der Waals surface area contributed by atoms with Crippen molar-refractivity contribution in [1.82, 2.24) is 5.32 Å². The molecule has 1 amide bonds. The Hall–Kier alpha value is -1.39. The second kappa shape index (κ2) is 40.0. The molecular weight excluding hydrogens is 590 g/mol. The van der Waals surface area contributed by atoms with Crippen LogP contribution in [0.25, 0.3) is 0 Å². The van der Waals surface area contributed by atoms with Crippen LogP contribution in [0, 0.1) is 0 Å². The van der Waals surface area contributed by atoms with Crippen LogP contribution < -0.4 is 5.32 Å². The summed E-state index contributed by atoms with van der Waals surface area (Å²) in [6.07, 6.45) is 52.5. The van der Waals surface area contributed by atoms with E-state index in [2.05, 4.69) is 43.5 Å². The lowest BCUT2D eigenvalue weighted by atomic mass is 10.0. The lowest BCUT2D eigenvalue weighted by Crippen LogP contribution is -2.45. The molecule has 0 rings (SSSR count). The molecule has 2 unspecified atom stereocenters. The van der Waals surface area contributed by atoms with Crippen LogP contribution >= 0.6 is 0 Å². The molecule has 4 heteroatoms. The van der Waals surface area contributed by atoms with E-state index < -0.39 is 12.1 Å². The molecule has 2 atom stereocenters. The van der Waals surface area contributed by atoms with Gasteiger partial charge in [0.1, 0.15) is 0 Å². The molecule has 4 nitrogen and oxygen atoms in total. The van der Waals surface area contributed by atoms with Gasteiger partial charge in [0.15, 0.2) is 0 Å². The number of hydrogen-bond donors (Lipinski definition) is 3. The minimum atomic E-state index is -0.861. The Kier molecular flexibility index (Phi) is 38.9. The summed E-state index contributed by atoms with van der Waals surface area (Å²) in [5, 5.41) is 22.9. The summed E-state index contributed by atoms with van der Waals surface area (Å²) < 4.78 is 0. The zero-order valence-corrected chi connectivity index (χ0v) is 32.3. The summed E-state index contributed by atoms with van der Waals surface area (Å²) in [4.78, 5) is 12.4. The van der Waals surface area contributed by atoms with Crippen molar-refractivity contribution in [3.63, 3.8) is 0 Å². The van der Waals surface area contributed by atoms with Gasteiger partial charge < -0.3 is 15.5 Å². The number of nitrogens with one attached hydrogen (secondary N) is 1. The molecule has 0 saturated heterocycles. The normalized spacial score (nSPS) is 13.3. The fourth-order valence-electron chi connectivity index (χ4n) is 6.31. The Morgan fingerprint density at radius 1 is 0.479 bits per heavy atom. The predicted molar refractivity (Wildman–Crippen MR) is 212 cm³/mol. The number of rotatable bonds is 38. The zero-order chi connectivity index (χ0) is 35.0. The van der Waals surface area contributed by atoms with Crippen molar-refractivity contribution in [3.05, 3.63) is 36.5 Å². The maximum atomic E-state index is 12.4. The van der Waals surface area contributed by atoms with Crippen molar-refractivity contribution in [1.29, 1.82) is 0 Å². The van der Waals surface area contributed by atoms with Crippen molar-refractivity contribution in [2.45, 2.75) is 231 Å². The smallest absolute Gasteiger partial charge is 0.220 e. The van der Waals surface area contributed by atoms with E-state index in [-0.39, 0.29) is 12.5 Å². The van der Waals surface area contributed by atoms with Crippen LogP contribution in [0.1, 0.15) is 219 Å². The Morgan fingerprint density at radius 2 is 0.812 bits per heavy atom. The fourth-order valence-corrected chi connectivity index (χ4v) is 6.31. The van der Waals surface area contributed by atoms with Gasteiger partial charge in [0.05, 0.1) is 18.8 Å². The molecule has 0 aromatic carbocycles. The number of amides is 1. The Bertz CT molecular complexity index is 731. The van der Waals surface area contributed by atoms with Gasteiger partial charge >= 0.3 is 0 Å². The molecule has 0 aromatic rings. The maximum absolute atomic E-state index is 12.4. The van der Waals surface area contributed by atoms with Gasteiger partial charge in [-0.25, -0.2) is 0 Å². The quantitative estimate of drug-likeness (QED) is 0.0451. The summed E-state index contributed by atoms with van der Waals surface area (Å²) in [7, 11) is 0. The van der Waals surface area contributed by atoms with Gasteiger partial charge in [-0.3, -0.25) is 4.79 Å². The van der Waals surface area contributed by atoms with E-state index in [9.17, 15) is 15.0 Å². The Labute approximate surface area is 300 Å². The molecule has 0 aromatic heterocycles. The molecule has 282 valence electrons. The second-order valence-electron chi connectivity index (χ2n) is 14.4. The lowest BCUT2D eigenvalue weighted by molar-refractivity contribution is -0.123. The number of hydrogen-bond acceptors (Lipinski definition) is 3. The Morgan fingerprint density at radius 3 is 1.21 bits per heavy atom. The predicted octanol–water partition coefficient (Wildman–Crippen LogP) is 13.0. The maximum Gasteiger partial charge on any atom is 0.220 e. The first-order valence-corrected chi connectivity index (χ1v) is 21.2. The summed E-state index contributed by atoms with van der Waals surface area (Å²) in [5.41, 5.74) is 0. The number of allylic oxidation sites excluding steroid dienone is 5. The second-order valence-corrected chi connectivity index (χ2v) is 14.4. The highest BCUT2D eigenvalue weighted by Crippen LogP contribution is 2.14. The molecule has 0 saturated carbocycles. The van der Waals surface area contributed by atoms with E-state index in [1.54, 1.807) is 6.08 Å². The van der Waals surface area contributed by atoms with Gasteiger partial charge in [-0.05, 0) is 57.8 Å². The number of carbonyl (C=O) groups is 1. The monoisotopic (exact) mass is 674 g/mol. The van der Waals surface area contributed by atoms with E-state index >= 15 is 0 Å². The standard InChI is InChI=1S/C44H83NO3/c1-3-5-7-9-11-13-15-17-19-20-21-22-23-24-25-26-28-30-32-34-36-38-40-44(48)45-42(41-46)43(47)39-37-35-33-31-29-27-18-16-14-12-10-8-6-4-2/h23-24,29,31,37,39,42-43,46-47H,3-22,25-28,30,32-36,38,40-41H2,1-2H3,(H,45,48)/b24-23-,31-29+,39-37+. The molecule has 0 spiro atoms. The van der Waals surface area contributed by atoms with Crippen LogP contribution in [-0.4, -0.2) is 34.9 Å². The largest absolute Gasteiger partial charge is 0.394 e. The van der Waals surface area contributed by atoms with Crippen LogP contribution in [0.5, 0.6) is 0 Å².